The summed E-state index contributed by atoms with van der Waals surface area (Å²) in [6.07, 6.45) is 0. The highest BCUT2D eigenvalue weighted by atomic mass is 35.5. The van der Waals surface area contributed by atoms with E-state index in [9.17, 15) is 0 Å². The number of hydrogen-bond donors (Lipinski definition) is 0. The Morgan fingerprint density at radius 2 is 2.23 bits per heavy atom. The van der Waals surface area contributed by atoms with Crippen molar-refractivity contribution in [2.24, 2.45) is 7.05 Å². The first-order valence-corrected chi connectivity index (χ1v) is 4.27. The highest BCUT2D eigenvalue weighted by molar-refractivity contribution is 6.34. The van der Waals surface area contributed by atoms with Crippen LogP contribution in [-0.2, 0) is 7.05 Å². The Balaban J connectivity index is 2.84. The monoisotopic (exact) mass is 196 g/mol. The molecule has 0 saturated heterocycles. The Labute approximate surface area is 80.9 Å². The zero-order chi connectivity index (χ0) is 9.42. The van der Waals surface area contributed by atoms with Crippen molar-refractivity contribution in [3.05, 3.63) is 23.4 Å². The van der Waals surface area contributed by atoms with Crippen LogP contribution in [-0.4, -0.2) is 16.9 Å². The predicted molar refractivity (Wildman–Crippen MR) is 52.3 cm³/mol. The number of ether oxygens (including phenoxy) is 1. The Bertz CT molecular complexity index is 450. The van der Waals surface area contributed by atoms with Gasteiger partial charge in [0, 0.05) is 12.4 Å². The van der Waals surface area contributed by atoms with Crippen molar-refractivity contribution >= 4 is 22.5 Å². The van der Waals surface area contributed by atoms with Crippen molar-refractivity contribution in [3.8, 4) is 5.75 Å². The first-order valence-electron chi connectivity index (χ1n) is 3.89. The van der Waals surface area contributed by atoms with Gasteiger partial charge in [-0.2, -0.15) is 5.10 Å². The second kappa shape index (κ2) is 2.92. The molecule has 1 aromatic heterocycles. The number of methoxy groups -OCH3 is 1. The minimum Gasteiger partial charge on any atom is -0.494 e. The SMILES string of the molecule is COc1cccc2c(Cl)n(C)nc12. The van der Waals surface area contributed by atoms with Gasteiger partial charge in [-0.1, -0.05) is 17.7 Å². The molecule has 2 aromatic rings. The summed E-state index contributed by atoms with van der Waals surface area (Å²) >= 11 is 6.02. The van der Waals surface area contributed by atoms with Crippen LogP contribution in [0.25, 0.3) is 10.9 Å². The molecular formula is C9H9ClN2O. The smallest absolute Gasteiger partial charge is 0.147 e. The minimum absolute atomic E-state index is 0.633. The van der Waals surface area contributed by atoms with Gasteiger partial charge >= 0.3 is 0 Å². The molecule has 0 aliphatic rings. The van der Waals surface area contributed by atoms with Crippen LogP contribution in [0, 0.1) is 0 Å². The summed E-state index contributed by atoms with van der Waals surface area (Å²) in [5.74, 6) is 0.750. The third-order valence-corrected chi connectivity index (χ3v) is 2.42. The number of nitrogens with zero attached hydrogens (tertiary/aromatic N) is 2. The normalized spacial score (nSPS) is 10.7. The van der Waals surface area contributed by atoms with Crippen molar-refractivity contribution in [2.45, 2.75) is 0 Å². The molecular weight excluding hydrogens is 188 g/mol. The number of aryl methyl sites for hydroxylation is 1. The maximum Gasteiger partial charge on any atom is 0.147 e. The molecule has 0 bridgehead atoms. The van der Waals surface area contributed by atoms with E-state index >= 15 is 0 Å². The van der Waals surface area contributed by atoms with Crippen LogP contribution in [0.5, 0.6) is 5.75 Å². The molecule has 0 radical (unpaired) electrons. The van der Waals surface area contributed by atoms with Crippen LogP contribution in [0.1, 0.15) is 0 Å². The fraction of sp³-hybridized carbons (Fsp3) is 0.222. The van der Waals surface area contributed by atoms with E-state index in [2.05, 4.69) is 5.10 Å². The lowest BCUT2D eigenvalue weighted by molar-refractivity contribution is 0.418. The molecule has 2 rings (SSSR count). The fourth-order valence-electron chi connectivity index (χ4n) is 1.32. The molecule has 0 fully saturated rings. The molecule has 0 atom stereocenters. The first kappa shape index (κ1) is 8.38. The summed E-state index contributed by atoms with van der Waals surface area (Å²) < 4.78 is 6.79. The van der Waals surface area contributed by atoms with Crippen LogP contribution in [0.15, 0.2) is 18.2 Å². The lowest BCUT2D eigenvalue weighted by Crippen LogP contribution is -1.89. The molecule has 0 aliphatic heterocycles. The average Bonchev–Trinajstić information content (AvgIpc) is 2.43. The van der Waals surface area contributed by atoms with Crippen molar-refractivity contribution < 1.29 is 4.74 Å². The number of halogens is 1. The number of aromatic nitrogens is 2. The third kappa shape index (κ3) is 1.16. The number of rotatable bonds is 1. The van der Waals surface area contributed by atoms with Crippen LogP contribution >= 0.6 is 11.6 Å². The van der Waals surface area contributed by atoms with Gasteiger partial charge in [0.25, 0.3) is 0 Å². The zero-order valence-electron chi connectivity index (χ0n) is 7.41. The molecule has 4 heteroatoms. The van der Waals surface area contributed by atoms with Gasteiger partial charge in [0.15, 0.2) is 0 Å². The number of hydrogen-bond acceptors (Lipinski definition) is 2. The summed E-state index contributed by atoms with van der Waals surface area (Å²) in [5, 5.41) is 5.80. The zero-order valence-corrected chi connectivity index (χ0v) is 8.17. The summed E-state index contributed by atoms with van der Waals surface area (Å²) in [6, 6.07) is 5.69. The summed E-state index contributed by atoms with van der Waals surface area (Å²) in [5.41, 5.74) is 0.803. The summed E-state index contributed by atoms with van der Waals surface area (Å²) in [4.78, 5) is 0. The molecule has 1 heterocycles. The van der Waals surface area contributed by atoms with Crippen LogP contribution in [0.2, 0.25) is 5.15 Å². The van der Waals surface area contributed by atoms with E-state index in [1.807, 2.05) is 25.2 Å². The molecule has 0 amide bonds. The molecule has 13 heavy (non-hydrogen) atoms. The Morgan fingerprint density at radius 3 is 2.92 bits per heavy atom. The quantitative estimate of drug-likeness (QED) is 0.700. The highest BCUT2D eigenvalue weighted by Crippen LogP contribution is 2.28. The van der Waals surface area contributed by atoms with Gasteiger partial charge in [0.05, 0.1) is 7.11 Å². The molecule has 0 spiro atoms. The Morgan fingerprint density at radius 1 is 1.46 bits per heavy atom. The molecule has 3 nitrogen and oxygen atoms in total. The van der Waals surface area contributed by atoms with Gasteiger partial charge in [-0.25, -0.2) is 0 Å². The molecule has 0 unspecified atom stereocenters. The molecule has 0 aliphatic carbocycles. The predicted octanol–water partition coefficient (Wildman–Crippen LogP) is 2.24. The maximum atomic E-state index is 6.02. The lowest BCUT2D eigenvalue weighted by atomic mass is 10.2. The summed E-state index contributed by atoms with van der Waals surface area (Å²) in [7, 11) is 3.43. The summed E-state index contributed by atoms with van der Waals surface area (Å²) in [6.45, 7) is 0. The van der Waals surface area contributed by atoms with E-state index in [4.69, 9.17) is 16.3 Å². The molecule has 0 N–H and O–H groups in total. The third-order valence-electron chi connectivity index (χ3n) is 1.98. The fourth-order valence-corrected chi connectivity index (χ4v) is 1.52. The van der Waals surface area contributed by atoms with Crippen molar-refractivity contribution in [2.75, 3.05) is 7.11 Å². The average molecular weight is 197 g/mol. The van der Waals surface area contributed by atoms with Crippen molar-refractivity contribution in [1.29, 1.82) is 0 Å². The van der Waals surface area contributed by atoms with E-state index in [1.54, 1.807) is 11.8 Å². The van der Waals surface area contributed by atoms with Crippen molar-refractivity contribution in [1.82, 2.24) is 9.78 Å². The standard InChI is InChI=1S/C9H9ClN2O/c1-12-9(10)6-4-3-5-7(13-2)8(6)11-12/h3-5H,1-2H3. The second-order valence-corrected chi connectivity index (χ2v) is 3.13. The van der Waals surface area contributed by atoms with E-state index in [1.165, 1.54) is 0 Å². The second-order valence-electron chi connectivity index (χ2n) is 2.77. The Kier molecular flexibility index (Phi) is 1.88. The van der Waals surface area contributed by atoms with Crippen LogP contribution < -0.4 is 4.74 Å². The first-order chi connectivity index (χ1) is 6.24. The largest absolute Gasteiger partial charge is 0.494 e. The van der Waals surface area contributed by atoms with Gasteiger partial charge in [0.2, 0.25) is 0 Å². The Hall–Kier alpha value is -1.22. The molecule has 68 valence electrons. The number of fused-ring (bicyclic) bond motifs is 1. The van der Waals surface area contributed by atoms with E-state index in [-0.39, 0.29) is 0 Å². The lowest BCUT2D eigenvalue weighted by Gasteiger charge is -1.97. The van der Waals surface area contributed by atoms with Gasteiger partial charge in [-0.05, 0) is 12.1 Å². The van der Waals surface area contributed by atoms with Gasteiger partial charge < -0.3 is 4.74 Å². The van der Waals surface area contributed by atoms with E-state index in [0.29, 0.717) is 5.15 Å². The van der Waals surface area contributed by atoms with Gasteiger partial charge in [-0.3, -0.25) is 4.68 Å². The topological polar surface area (TPSA) is 27.1 Å². The molecule has 0 saturated carbocycles. The van der Waals surface area contributed by atoms with Crippen LogP contribution in [0.4, 0.5) is 0 Å². The minimum atomic E-state index is 0.633. The number of benzene rings is 1. The highest BCUT2D eigenvalue weighted by Gasteiger charge is 2.09. The van der Waals surface area contributed by atoms with Crippen molar-refractivity contribution in [3.63, 3.8) is 0 Å². The van der Waals surface area contributed by atoms with Crippen LogP contribution in [0.3, 0.4) is 0 Å². The van der Waals surface area contributed by atoms with E-state index in [0.717, 1.165) is 16.7 Å². The van der Waals surface area contributed by atoms with Gasteiger partial charge in [0.1, 0.15) is 16.4 Å². The molecule has 1 aromatic carbocycles. The van der Waals surface area contributed by atoms with E-state index < -0.39 is 0 Å². The van der Waals surface area contributed by atoms with Gasteiger partial charge in [-0.15, -0.1) is 0 Å². The maximum absolute atomic E-state index is 6.02.